The van der Waals surface area contributed by atoms with Gasteiger partial charge in [-0.05, 0) is 25.0 Å². The van der Waals surface area contributed by atoms with Gasteiger partial charge in [-0.3, -0.25) is 0 Å². The number of aryl methyl sites for hydroxylation is 1. The number of anilines is 1. The lowest BCUT2D eigenvalue weighted by molar-refractivity contribution is 0.0697. The lowest BCUT2D eigenvalue weighted by atomic mass is 10.2. The zero-order valence-corrected chi connectivity index (χ0v) is 9.97. The molecule has 2 rings (SSSR count). The average Bonchev–Trinajstić information content (AvgIpc) is 2.82. The van der Waals surface area contributed by atoms with Crippen LogP contribution >= 0.6 is 0 Å². The molecule has 0 aliphatic heterocycles. The van der Waals surface area contributed by atoms with Gasteiger partial charge in [-0.1, -0.05) is 0 Å². The average molecular weight is 246 g/mol. The van der Waals surface area contributed by atoms with Gasteiger partial charge in [-0.25, -0.2) is 14.8 Å². The highest BCUT2D eigenvalue weighted by Crippen LogP contribution is 2.11. The van der Waals surface area contributed by atoms with E-state index in [0.717, 1.165) is 12.0 Å². The third-order valence-corrected chi connectivity index (χ3v) is 2.51. The van der Waals surface area contributed by atoms with Crippen LogP contribution in [0.4, 0.5) is 5.82 Å². The lowest BCUT2D eigenvalue weighted by Gasteiger charge is -2.08. The summed E-state index contributed by atoms with van der Waals surface area (Å²) in [5.74, 6) is -0.117. The van der Waals surface area contributed by atoms with Crippen molar-refractivity contribution in [1.82, 2.24) is 15.0 Å². The van der Waals surface area contributed by atoms with Crippen LogP contribution in [-0.4, -0.2) is 32.6 Å². The van der Waals surface area contributed by atoms with Gasteiger partial charge in [0.05, 0.1) is 0 Å². The smallest absolute Gasteiger partial charge is 0.341 e. The Labute approximate surface area is 104 Å². The molecule has 0 radical (unpaired) electrons. The summed E-state index contributed by atoms with van der Waals surface area (Å²) in [7, 11) is 0. The van der Waals surface area contributed by atoms with Gasteiger partial charge < -0.3 is 15.4 Å². The molecule has 0 amide bonds. The van der Waals surface area contributed by atoms with Crippen molar-refractivity contribution in [2.45, 2.75) is 13.3 Å². The number of carboxylic acid groups (broad SMARTS) is 1. The molecule has 2 aromatic heterocycles. The Hall–Kier alpha value is -2.37. The summed E-state index contributed by atoms with van der Waals surface area (Å²) in [5.41, 5.74) is 1.25. The van der Waals surface area contributed by atoms with Gasteiger partial charge in [0.2, 0.25) is 0 Å². The summed E-state index contributed by atoms with van der Waals surface area (Å²) in [6.07, 6.45) is 5.88. The predicted octanol–water partition coefficient (Wildman–Crippen LogP) is 1.47. The van der Waals surface area contributed by atoms with Crippen LogP contribution in [-0.2, 0) is 6.42 Å². The molecular formula is C12H14N4O2. The monoisotopic (exact) mass is 246 g/mol. The molecule has 0 spiro atoms. The highest BCUT2D eigenvalue weighted by Gasteiger charge is 2.11. The third-order valence-electron chi connectivity index (χ3n) is 2.51. The van der Waals surface area contributed by atoms with Crippen molar-refractivity contribution in [2.24, 2.45) is 0 Å². The molecule has 2 aromatic rings. The first kappa shape index (κ1) is 12.1. The first-order chi connectivity index (χ1) is 8.66. The van der Waals surface area contributed by atoms with Crippen molar-refractivity contribution >= 4 is 11.8 Å². The quantitative estimate of drug-likeness (QED) is 0.743. The standard InChI is InChI=1S/C12H14N4O2/c1-8-15-7-10(12(17)18)11(16-8)14-5-3-9-2-4-13-6-9/h2,4,6-7,13H,3,5H2,1H3,(H,17,18)(H,14,15,16). The summed E-state index contributed by atoms with van der Waals surface area (Å²) in [6.45, 7) is 2.34. The zero-order valence-electron chi connectivity index (χ0n) is 9.97. The summed E-state index contributed by atoms with van der Waals surface area (Å²) >= 11 is 0. The van der Waals surface area contributed by atoms with Crippen molar-refractivity contribution in [2.75, 3.05) is 11.9 Å². The van der Waals surface area contributed by atoms with Gasteiger partial charge in [0.25, 0.3) is 0 Å². The van der Waals surface area contributed by atoms with Gasteiger partial charge >= 0.3 is 5.97 Å². The maximum Gasteiger partial charge on any atom is 0.341 e. The van der Waals surface area contributed by atoms with Crippen molar-refractivity contribution < 1.29 is 9.90 Å². The fraction of sp³-hybridized carbons (Fsp3) is 0.250. The zero-order chi connectivity index (χ0) is 13.0. The molecule has 0 aromatic carbocycles. The SMILES string of the molecule is Cc1ncc(C(=O)O)c(NCCc2cc[nH]c2)n1. The first-order valence-electron chi connectivity index (χ1n) is 5.59. The van der Waals surface area contributed by atoms with Gasteiger partial charge in [0, 0.05) is 25.1 Å². The number of H-pyrrole nitrogens is 1. The highest BCUT2D eigenvalue weighted by molar-refractivity contribution is 5.92. The minimum absolute atomic E-state index is 0.0923. The Morgan fingerprint density at radius 1 is 1.56 bits per heavy atom. The van der Waals surface area contributed by atoms with Crippen LogP contribution in [0.5, 0.6) is 0 Å². The molecular weight excluding hydrogens is 232 g/mol. The van der Waals surface area contributed by atoms with Crippen molar-refractivity contribution in [3.8, 4) is 0 Å². The minimum Gasteiger partial charge on any atom is -0.477 e. The normalized spacial score (nSPS) is 10.3. The maximum atomic E-state index is 11.0. The fourth-order valence-corrected chi connectivity index (χ4v) is 1.60. The van der Waals surface area contributed by atoms with Crippen LogP contribution in [0.15, 0.2) is 24.7 Å². The van der Waals surface area contributed by atoms with E-state index in [4.69, 9.17) is 5.11 Å². The van der Waals surface area contributed by atoms with E-state index in [1.165, 1.54) is 6.20 Å². The summed E-state index contributed by atoms with van der Waals surface area (Å²) < 4.78 is 0. The van der Waals surface area contributed by atoms with Crippen molar-refractivity contribution in [3.05, 3.63) is 41.6 Å². The molecule has 18 heavy (non-hydrogen) atoms. The number of nitrogens with zero attached hydrogens (tertiary/aromatic N) is 2. The number of rotatable bonds is 5. The Morgan fingerprint density at radius 2 is 2.39 bits per heavy atom. The van der Waals surface area contributed by atoms with Crippen LogP contribution in [0.2, 0.25) is 0 Å². The largest absolute Gasteiger partial charge is 0.477 e. The number of carboxylic acids is 1. The van der Waals surface area contributed by atoms with Crippen molar-refractivity contribution in [3.63, 3.8) is 0 Å². The van der Waals surface area contributed by atoms with Gasteiger partial charge in [-0.2, -0.15) is 0 Å². The molecule has 0 aliphatic rings. The second kappa shape index (κ2) is 5.31. The number of hydrogen-bond donors (Lipinski definition) is 3. The maximum absolute atomic E-state index is 11.0. The van der Waals surface area contributed by atoms with E-state index in [2.05, 4.69) is 20.3 Å². The second-order valence-electron chi connectivity index (χ2n) is 3.88. The Morgan fingerprint density at radius 3 is 3.06 bits per heavy atom. The van der Waals surface area contributed by atoms with E-state index in [0.29, 0.717) is 18.2 Å². The number of aromatic nitrogens is 3. The molecule has 94 valence electrons. The Bertz CT molecular complexity index is 537. The summed E-state index contributed by atoms with van der Waals surface area (Å²) in [6, 6.07) is 1.98. The molecule has 0 unspecified atom stereocenters. The number of carbonyl (C=O) groups is 1. The number of hydrogen-bond acceptors (Lipinski definition) is 4. The number of nitrogens with one attached hydrogen (secondary N) is 2. The summed E-state index contributed by atoms with van der Waals surface area (Å²) in [5, 5.41) is 12.0. The molecule has 0 bridgehead atoms. The molecule has 0 saturated heterocycles. The molecule has 3 N–H and O–H groups in total. The van der Waals surface area contributed by atoms with E-state index < -0.39 is 5.97 Å². The molecule has 0 aliphatic carbocycles. The Balaban J connectivity index is 2.03. The number of aromatic amines is 1. The molecule has 0 saturated carbocycles. The van der Waals surface area contributed by atoms with Crippen LogP contribution in [0, 0.1) is 6.92 Å². The predicted molar refractivity (Wildman–Crippen MR) is 66.7 cm³/mol. The molecule has 2 heterocycles. The molecule has 0 fully saturated rings. The fourth-order valence-electron chi connectivity index (χ4n) is 1.60. The minimum atomic E-state index is -1.03. The van der Waals surface area contributed by atoms with E-state index in [9.17, 15) is 4.79 Å². The third kappa shape index (κ3) is 2.85. The number of aromatic carboxylic acids is 1. The van der Waals surface area contributed by atoms with Gasteiger partial charge in [-0.15, -0.1) is 0 Å². The highest BCUT2D eigenvalue weighted by atomic mass is 16.4. The molecule has 6 nitrogen and oxygen atoms in total. The van der Waals surface area contributed by atoms with Crippen LogP contribution < -0.4 is 5.32 Å². The van der Waals surface area contributed by atoms with Crippen LogP contribution in [0.3, 0.4) is 0 Å². The molecule has 0 atom stereocenters. The second-order valence-corrected chi connectivity index (χ2v) is 3.88. The van der Waals surface area contributed by atoms with E-state index in [1.54, 1.807) is 6.92 Å². The van der Waals surface area contributed by atoms with Crippen LogP contribution in [0.1, 0.15) is 21.7 Å². The van der Waals surface area contributed by atoms with Gasteiger partial charge in [0.15, 0.2) is 0 Å². The van der Waals surface area contributed by atoms with E-state index in [-0.39, 0.29) is 5.56 Å². The lowest BCUT2D eigenvalue weighted by Crippen LogP contribution is -2.12. The van der Waals surface area contributed by atoms with Gasteiger partial charge in [0.1, 0.15) is 17.2 Å². The molecule has 6 heteroatoms. The van der Waals surface area contributed by atoms with E-state index >= 15 is 0 Å². The van der Waals surface area contributed by atoms with Crippen molar-refractivity contribution in [1.29, 1.82) is 0 Å². The van der Waals surface area contributed by atoms with Crippen LogP contribution in [0.25, 0.3) is 0 Å². The van der Waals surface area contributed by atoms with E-state index in [1.807, 2.05) is 18.5 Å². The topological polar surface area (TPSA) is 90.9 Å². The summed E-state index contributed by atoms with van der Waals surface area (Å²) in [4.78, 5) is 22.0. The Kier molecular flexibility index (Phi) is 3.57. The first-order valence-corrected chi connectivity index (χ1v) is 5.59.